The number of nitrogens with zero attached hydrogens (tertiary/aromatic N) is 3. The van der Waals surface area contributed by atoms with Gasteiger partial charge in [0.25, 0.3) is 5.91 Å². The van der Waals surface area contributed by atoms with Crippen molar-refractivity contribution < 1.29 is 24.2 Å². The number of amides is 2. The fourth-order valence-corrected chi connectivity index (χ4v) is 6.17. The maximum absolute atomic E-state index is 14.6. The van der Waals surface area contributed by atoms with Crippen molar-refractivity contribution in [1.82, 2.24) is 20.1 Å². The van der Waals surface area contributed by atoms with Crippen molar-refractivity contribution in [3.63, 3.8) is 0 Å². The molecule has 2 atom stereocenters. The summed E-state index contributed by atoms with van der Waals surface area (Å²) in [5.74, 6) is -0.473. The van der Waals surface area contributed by atoms with Gasteiger partial charge in [-0.05, 0) is 43.9 Å². The van der Waals surface area contributed by atoms with Gasteiger partial charge < -0.3 is 20.4 Å². The highest BCUT2D eigenvalue weighted by Gasteiger charge is 2.30. The Morgan fingerprint density at radius 3 is 2.59 bits per heavy atom. The van der Waals surface area contributed by atoms with E-state index in [1.54, 1.807) is 11.0 Å². The molecule has 2 aliphatic rings. The van der Waals surface area contributed by atoms with E-state index in [-0.39, 0.29) is 37.5 Å². The van der Waals surface area contributed by atoms with Crippen LogP contribution in [0.15, 0.2) is 48.5 Å². The lowest BCUT2D eigenvalue weighted by Crippen LogP contribution is -2.52. The maximum atomic E-state index is 14.6. The van der Waals surface area contributed by atoms with Crippen LogP contribution >= 0.6 is 0 Å². The first-order chi connectivity index (χ1) is 19.8. The molecule has 1 aliphatic carbocycles. The Morgan fingerprint density at radius 2 is 1.88 bits per heavy atom. The van der Waals surface area contributed by atoms with Crippen LogP contribution in [0, 0.1) is 11.7 Å². The first-order valence-corrected chi connectivity index (χ1v) is 14.6. The van der Waals surface area contributed by atoms with Crippen molar-refractivity contribution in [3.8, 4) is 11.3 Å². The summed E-state index contributed by atoms with van der Waals surface area (Å²) in [6.07, 6.45) is 4.71. The second-order valence-electron chi connectivity index (χ2n) is 11.4. The van der Waals surface area contributed by atoms with Gasteiger partial charge in [0.05, 0.1) is 36.0 Å². The smallest absolute Gasteiger partial charge is 0.252 e. The van der Waals surface area contributed by atoms with E-state index in [1.807, 2.05) is 42.2 Å². The topological polar surface area (TPSA) is 106 Å². The summed E-state index contributed by atoms with van der Waals surface area (Å²) in [4.78, 5) is 35.5. The number of nitrogens with one attached hydrogen (secondary N) is 1. The zero-order chi connectivity index (χ0) is 28.9. The number of pyridine rings is 1. The van der Waals surface area contributed by atoms with Gasteiger partial charge in [0.1, 0.15) is 5.82 Å². The molecule has 0 radical (unpaired) electrons. The number of halogens is 1. The van der Waals surface area contributed by atoms with Crippen LogP contribution in [0.2, 0.25) is 0 Å². The number of carbonyl (C=O) groups is 2. The molecule has 1 saturated carbocycles. The van der Waals surface area contributed by atoms with Crippen molar-refractivity contribution >= 4 is 22.7 Å². The molecule has 1 aromatic heterocycles. The number of benzene rings is 2. The molecule has 2 fully saturated rings. The maximum Gasteiger partial charge on any atom is 0.252 e. The summed E-state index contributed by atoms with van der Waals surface area (Å²) < 4.78 is 14.6. The van der Waals surface area contributed by atoms with Crippen molar-refractivity contribution in [2.45, 2.75) is 57.7 Å². The van der Waals surface area contributed by atoms with Crippen LogP contribution < -0.4 is 5.32 Å². The van der Waals surface area contributed by atoms with Crippen LogP contribution in [-0.4, -0.2) is 81.7 Å². The van der Waals surface area contributed by atoms with Gasteiger partial charge in [-0.15, -0.1) is 0 Å². The molecular weight excluding hydrogens is 523 g/mol. The monoisotopic (exact) mass is 562 g/mol. The van der Waals surface area contributed by atoms with E-state index < -0.39 is 18.5 Å². The van der Waals surface area contributed by atoms with E-state index >= 15 is 0 Å². The number of aliphatic hydroxyl groups excluding tert-OH is 2. The van der Waals surface area contributed by atoms with Crippen molar-refractivity contribution in [3.05, 3.63) is 65.5 Å². The summed E-state index contributed by atoms with van der Waals surface area (Å²) in [6, 6.07) is 13.9. The summed E-state index contributed by atoms with van der Waals surface area (Å²) in [6.45, 7) is 2.96. The third-order valence-electron chi connectivity index (χ3n) is 8.46. The van der Waals surface area contributed by atoms with Crippen LogP contribution in [0.25, 0.3) is 22.2 Å². The van der Waals surface area contributed by atoms with E-state index in [9.17, 15) is 24.2 Å². The number of fused-ring (bicyclic) bond motifs is 1. The van der Waals surface area contributed by atoms with Gasteiger partial charge in [-0.2, -0.15) is 0 Å². The van der Waals surface area contributed by atoms with Crippen LogP contribution in [0.5, 0.6) is 0 Å². The Labute approximate surface area is 240 Å². The number of aliphatic hydroxyl groups is 2. The lowest BCUT2D eigenvalue weighted by molar-refractivity contribution is -0.138. The van der Waals surface area contributed by atoms with Gasteiger partial charge in [-0.3, -0.25) is 14.5 Å². The van der Waals surface area contributed by atoms with Crippen LogP contribution in [0.3, 0.4) is 0 Å². The Morgan fingerprint density at radius 1 is 1.12 bits per heavy atom. The molecule has 0 bridgehead atoms. The SMILES string of the molecule is C[C@H](NC(=O)c1c(CN2CCN(CC(O)CO)C(=O)C2)c(-c2ccccc2)nc2ccc(F)cc12)C1CCCCC1. The quantitative estimate of drug-likeness (QED) is 0.367. The molecule has 3 aromatic rings. The normalized spacial score (nSPS) is 18.4. The predicted molar refractivity (Wildman–Crippen MR) is 156 cm³/mol. The number of rotatable bonds is 9. The third-order valence-corrected chi connectivity index (χ3v) is 8.46. The molecule has 8 nitrogen and oxygen atoms in total. The molecule has 41 heavy (non-hydrogen) atoms. The number of β-amino-alcohol motifs (C(OH)–C–C–N with tert-alkyl or cyclic N) is 1. The molecule has 9 heteroatoms. The highest BCUT2D eigenvalue weighted by atomic mass is 19.1. The number of piperazine rings is 1. The minimum atomic E-state index is -0.990. The summed E-state index contributed by atoms with van der Waals surface area (Å²) in [5.41, 5.74) is 3.04. The van der Waals surface area contributed by atoms with Crippen molar-refractivity contribution in [2.24, 2.45) is 5.92 Å². The Bertz CT molecular complexity index is 1380. The fourth-order valence-electron chi connectivity index (χ4n) is 6.17. The number of aromatic nitrogens is 1. The molecule has 2 aromatic carbocycles. The van der Waals surface area contributed by atoms with E-state index in [2.05, 4.69) is 5.32 Å². The zero-order valence-electron chi connectivity index (χ0n) is 23.6. The first-order valence-electron chi connectivity index (χ1n) is 14.6. The molecule has 3 N–H and O–H groups in total. The van der Waals surface area contributed by atoms with Crippen LogP contribution in [0.4, 0.5) is 4.39 Å². The summed E-state index contributed by atoms with van der Waals surface area (Å²) in [5, 5.41) is 22.7. The van der Waals surface area contributed by atoms with Crippen molar-refractivity contribution in [2.75, 3.05) is 32.8 Å². The van der Waals surface area contributed by atoms with Gasteiger partial charge in [0.15, 0.2) is 0 Å². The molecule has 218 valence electrons. The van der Waals surface area contributed by atoms with E-state index in [0.29, 0.717) is 46.7 Å². The molecule has 2 heterocycles. The average Bonchev–Trinajstić information content (AvgIpc) is 2.98. The first kappa shape index (κ1) is 29.1. The predicted octanol–water partition coefficient (Wildman–Crippen LogP) is 3.74. The van der Waals surface area contributed by atoms with Crippen LogP contribution in [-0.2, 0) is 11.3 Å². The van der Waals surface area contributed by atoms with E-state index in [1.165, 1.54) is 18.6 Å². The molecule has 2 amide bonds. The second-order valence-corrected chi connectivity index (χ2v) is 11.4. The van der Waals surface area contributed by atoms with Gasteiger partial charge in [0.2, 0.25) is 5.91 Å². The van der Waals surface area contributed by atoms with E-state index in [4.69, 9.17) is 4.98 Å². The largest absolute Gasteiger partial charge is 0.394 e. The minimum absolute atomic E-state index is 0.0318. The van der Waals surface area contributed by atoms with Crippen LogP contribution in [0.1, 0.15) is 54.9 Å². The highest BCUT2D eigenvalue weighted by molar-refractivity contribution is 6.09. The Balaban J connectivity index is 1.55. The standard InChI is InChI=1S/C32H39FN4O4/c1-21(22-8-4-2-5-9-22)34-32(41)30-26-16-24(33)12-13-28(26)35-31(23-10-6-3-7-11-23)27(30)18-36-14-15-37(29(40)19-36)17-25(39)20-38/h3,6-7,10-13,16,21-22,25,38-39H,2,4-5,8-9,14-15,17-20H2,1H3,(H,34,41)/t21-,25?/m0/s1. The molecule has 1 aliphatic heterocycles. The minimum Gasteiger partial charge on any atom is -0.394 e. The fraction of sp³-hybridized carbons (Fsp3) is 0.469. The molecule has 1 saturated heterocycles. The molecule has 5 rings (SSSR count). The highest BCUT2D eigenvalue weighted by Crippen LogP contribution is 2.33. The van der Waals surface area contributed by atoms with E-state index in [0.717, 1.165) is 31.2 Å². The Kier molecular flexibility index (Phi) is 9.27. The zero-order valence-corrected chi connectivity index (χ0v) is 23.6. The molecular formula is C32H39FN4O4. The number of hydrogen-bond donors (Lipinski definition) is 3. The lowest BCUT2D eigenvalue weighted by Gasteiger charge is -2.35. The number of hydrogen-bond acceptors (Lipinski definition) is 6. The number of carbonyl (C=O) groups excluding carboxylic acids is 2. The summed E-state index contributed by atoms with van der Waals surface area (Å²) >= 11 is 0. The van der Waals surface area contributed by atoms with Crippen molar-refractivity contribution in [1.29, 1.82) is 0 Å². The third kappa shape index (κ3) is 6.74. The van der Waals surface area contributed by atoms with Gasteiger partial charge in [0, 0.05) is 48.7 Å². The van der Waals surface area contributed by atoms with Gasteiger partial charge in [-0.1, -0.05) is 49.6 Å². The molecule has 0 spiro atoms. The lowest BCUT2D eigenvalue weighted by atomic mass is 9.84. The average molecular weight is 563 g/mol. The Hall–Kier alpha value is -3.40. The second kappa shape index (κ2) is 13.1. The summed E-state index contributed by atoms with van der Waals surface area (Å²) in [7, 11) is 0. The van der Waals surface area contributed by atoms with Gasteiger partial charge >= 0.3 is 0 Å². The molecule has 1 unspecified atom stereocenters. The van der Waals surface area contributed by atoms with Gasteiger partial charge in [-0.25, -0.2) is 9.37 Å².